The number of amides is 1. The molecule has 2 rings (SSSR count). The average Bonchev–Trinajstić information content (AvgIpc) is 3.78. The molecule has 0 aromatic heterocycles. The van der Waals surface area contributed by atoms with Gasteiger partial charge in [-0.2, -0.15) is 0 Å². The molecule has 2 aliphatic rings. The Balaban J connectivity index is 2.19. The van der Waals surface area contributed by atoms with E-state index in [0.29, 0.717) is 25.0 Å². The molecule has 2 aliphatic heterocycles. The molecule has 10 unspecified atom stereocenters. The molecule has 1 amide bonds. The number of epoxide rings is 1. The standard InChI is InChI=1S/C37H64N2O9/c1-10-29(41)27(6)34-30(46-34)24-36(7,44)19-13-15-25(4)33-26(5)16-17-31(37(8,45)20-18-28(40)23-32(42)48-33)47-35(43)38(9)21-14-22-39(11-2)12-3/h13,15-17,19,26-31,33-34,40-41,44-45H,10-12,14,18,20-24H2,1-9H3/b17-16+,19-13+,25-15+. The highest BCUT2D eigenvalue weighted by molar-refractivity contribution is 5.70. The first-order valence-corrected chi connectivity index (χ1v) is 17.8. The first-order chi connectivity index (χ1) is 22.4. The fourth-order valence-electron chi connectivity index (χ4n) is 6.16. The average molecular weight is 681 g/mol. The highest BCUT2D eigenvalue weighted by atomic mass is 16.6. The number of cyclic esters (lactones) is 1. The predicted octanol–water partition coefficient (Wildman–Crippen LogP) is 4.37. The van der Waals surface area contributed by atoms with Crippen LogP contribution in [0.5, 0.6) is 0 Å². The number of rotatable bonds is 15. The Morgan fingerprint density at radius 3 is 2.52 bits per heavy atom. The number of nitrogens with zero attached hydrogens (tertiary/aromatic N) is 2. The molecule has 0 spiro atoms. The molecule has 0 bridgehead atoms. The molecule has 0 aromatic carbocycles. The van der Waals surface area contributed by atoms with Crippen molar-refractivity contribution in [2.24, 2.45) is 11.8 Å². The number of hydrogen-bond acceptors (Lipinski definition) is 10. The van der Waals surface area contributed by atoms with Gasteiger partial charge in [0.05, 0.1) is 36.4 Å². The molecule has 0 aliphatic carbocycles. The molecule has 1 saturated heterocycles. The number of aliphatic hydroxyl groups is 4. The summed E-state index contributed by atoms with van der Waals surface area (Å²) < 4.78 is 17.4. The Hall–Kier alpha value is -2.28. The Morgan fingerprint density at radius 1 is 1.23 bits per heavy atom. The minimum Gasteiger partial charge on any atom is -0.457 e. The number of allylic oxidation sites excluding steroid dienone is 2. The molecule has 0 aromatic rings. The predicted molar refractivity (Wildman–Crippen MR) is 186 cm³/mol. The summed E-state index contributed by atoms with van der Waals surface area (Å²) in [5.41, 5.74) is -1.95. The lowest BCUT2D eigenvalue weighted by Crippen LogP contribution is -2.45. The Kier molecular flexibility index (Phi) is 16.8. The summed E-state index contributed by atoms with van der Waals surface area (Å²) in [6.45, 7) is 18.3. The van der Waals surface area contributed by atoms with Crippen molar-refractivity contribution >= 4 is 12.1 Å². The van der Waals surface area contributed by atoms with Gasteiger partial charge in [-0.25, -0.2) is 4.79 Å². The third kappa shape index (κ3) is 13.6. The number of hydrogen-bond donors (Lipinski definition) is 4. The second kappa shape index (κ2) is 19.2. The molecular weight excluding hydrogens is 616 g/mol. The topological polar surface area (TPSA) is 153 Å². The van der Waals surface area contributed by atoms with Gasteiger partial charge in [-0.3, -0.25) is 4.79 Å². The minimum atomic E-state index is -1.50. The van der Waals surface area contributed by atoms with Crippen molar-refractivity contribution in [2.75, 3.05) is 33.2 Å². The van der Waals surface area contributed by atoms with Crippen LogP contribution in [0.2, 0.25) is 0 Å². The second-order valence-corrected chi connectivity index (χ2v) is 14.3. The smallest absolute Gasteiger partial charge is 0.410 e. The third-order valence-corrected chi connectivity index (χ3v) is 9.77. The van der Waals surface area contributed by atoms with Crippen LogP contribution in [0.25, 0.3) is 0 Å². The molecule has 0 radical (unpaired) electrons. The van der Waals surface area contributed by atoms with Crippen molar-refractivity contribution in [3.05, 3.63) is 36.0 Å². The van der Waals surface area contributed by atoms with Crippen LogP contribution in [0.3, 0.4) is 0 Å². The van der Waals surface area contributed by atoms with Gasteiger partial charge in [-0.15, -0.1) is 0 Å². The van der Waals surface area contributed by atoms with Crippen molar-refractivity contribution < 1.29 is 44.2 Å². The zero-order valence-electron chi connectivity index (χ0n) is 30.8. The van der Waals surface area contributed by atoms with E-state index >= 15 is 0 Å². The van der Waals surface area contributed by atoms with E-state index in [9.17, 15) is 30.0 Å². The minimum absolute atomic E-state index is 0.0129. The van der Waals surface area contributed by atoms with Crippen molar-refractivity contribution in [2.45, 2.75) is 142 Å². The van der Waals surface area contributed by atoms with Gasteiger partial charge in [0.25, 0.3) is 0 Å². The van der Waals surface area contributed by atoms with Crippen LogP contribution in [0.15, 0.2) is 36.0 Å². The molecule has 48 heavy (non-hydrogen) atoms. The van der Waals surface area contributed by atoms with E-state index < -0.39 is 47.7 Å². The summed E-state index contributed by atoms with van der Waals surface area (Å²) in [4.78, 5) is 29.7. The SMILES string of the molecule is CCC(O)C(C)C1OC1CC(C)(O)/C=C/C=C(\C)C1OC(=O)CC(O)CCC(C)(O)C(OC(=O)N(C)CCCN(CC)CC)/C=C/C1C. The summed E-state index contributed by atoms with van der Waals surface area (Å²) in [7, 11) is 1.67. The summed E-state index contributed by atoms with van der Waals surface area (Å²) in [6.07, 6.45) is 6.36. The number of esters is 1. The quantitative estimate of drug-likeness (QED) is 0.0849. The van der Waals surface area contributed by atoms with Crippen molar-refractivity contribution in [3.8, 4) is 0 Å². The van der Waals surface area contributed by atoms with Gasteiger partial charge in [0, 0.05) is 31.8 Å². The van der Waals surface area contributed by atoms with E-state index in [4.69, 9.17) is 14.2 Å². The van der Waals surface area contributed by atoms with E-state index in [1.165, 1.54) is 4.90 Å². The summed E-state index contributed by atoms with van der Waals surface area (Å²) >= 11 is 0. The van der Waals surface area contributed by atoms with E-state index in [1.54, 1.807) is 51.3 Å². The van der Waals surface area contributed by atoms with Crippen LogP contribution in [0.1, 0.15) is 93.9 Å². The van der Waals surface area contributed by atoms with Gasteiger partial charge in [-0.05, 0) is 77.7 Å². The third-order valence-electron chi connectivity index (χ3n) is 9.77. The van der Waals surface area contributed by atoms with Crippen LogP contribution in [-0.4, -0.2) is 123 Å². The van der Waals surface area contributed by atoms with Gasteiger partial charge in [0.2, 0.25) is 0 Å². The van der Waals surface area contributed by atoms with Crippen molar-refractivity contribution in [3.63, 3.8) is 0 Å². The lowest BCUT2D eigenvalue weighted by Gasteiger charge is -2.33. The largest absolute Gasteiger partial charge is 0.457 e. The Morgan fingerprint density at radius 2 is 1.90 bits per heavy atom. The second-order valence-electron chi connectivity index (χ2n) is 14.3. The number of carbonyl (C=O) groups excluding carboxylic acids is 2. The van der Waals surface area contributed by atoms with Gasteiger partial charge in [0.15, 0.2) is 6.10 Å². The monoisotopic (exact) mass is 680 g/mol. The van der Waals surface area contributed by atoms with E-state index in [2.05, 4.69) is 18.7 Å². The highest BCUT2D eigenvalue weighted by Gasteiger charge is 2.47. The van der Waals surface area contributed by atoms with E-state index in [0.717, 1.165) is 26.1 Å². The maximum absolute atomic E-state index is 13.1. The lowest BCUT2D eigenvalue weighted by molar-refractivity contribution is -0.151. The molecule has 1 fully saturated rings. The molecule has 11 heteroatoms. The molecule has 0 saturated carbocycles. The normalized spacial score (nSPS) is 32.0. The summed E-state index contributed by atoms with van der Waals surface area (Å²) in [5.74, 6) is -0.959. The highest BCUT2D eigenvalue weighted by Crippen LogP contribution is 2.37. The summed E-state index contributed by atoms with van der Waals surface area (Å²) in [6, 6.07) is 0. The van der Waals surface area contributed by atoms with Crippen LogP contribution in [-0.2, 0) is 19.0 Å². The van der Waals surface area contributed by atoms with Crippen LogP contribution in [0.4, 0.5) is 4.79 Å². The Labute approximate surface area is 288 Å². The van der Waals surface area contributed by atoms with Gasteiger partial charge < -0.3 is 44.4 Å². The zero-order chi connectivity index (χ0) is 36.2. The van der Waals surface area contributed by atoms with Crippen molar-refractivity contribution in [1.29, 1.82) is 0 Å². The number of aliphatic hydroxyl groups excluding tert-OH is 2. The molecule has 10 atom stereocenters. The fraction of sp³-hybridized carbons (Fsp3) is 0.784. The summed E-state index contributed by atoms with van der Waals surface area (Å²) in [5, 5.41) is 43.2. The molecule has 276 valence electrons. The van der Waals surface area contributed by atoms with Crippen molar-refractivity contribution in [1.82, 2.24) is 9.80 Å². The van der Waals surface area contributed by atoms with Crippen LogP contribution < -0.4 is 0 Å². The molecule has 4 N–H and O–H groups in total. The van der Waals surface area contributed by atoms with E-state index in [-0.39, 0.29) is 43.3 Å². The molecular formula is C37H64N2O9. The van der Waals surface area contributed by atoms with Crippen LogP contribution >= 0.6 is 0 Å². The molecule has 11 nitrogen and oxygen atoms in total. The first-order valence-electron chi connectivity index (χ1n) is 17.8. The van der Waals surface area contributed by atoms with Crippen LogP contribution in [0, 0.1) is 11.8 Å². The molecule has 2 heterocycles. The van der Waals surface area contributed by atoms with Gasteiger partial charge >= 0.3 is 12.1 Å². The zero-order valence-corrected chi connectivity index (χ0v) is 30.8. The fourth-order valence-corrected chi connectivity index (χ4v) is 6.16. The maximum Gasteiger partial charge on any atom is 0.410 e. The van der Waals surface area contributed by atoms with E-state index in [1.807, 2.05) is 27.7 Å². The van der Waals surface area contributed by atoms with Gasteiger partial charge in [0.1, 0.15) is 11.7 Å². The number of ether oxygens (including phenoxy) is 3. The lowest BCUT2D eigenvalue weighted by atomic mass is 9.88. The Bertz CT molecular complexity index is 1100. The first kappa shape index (κ1) is 41.9. The maximum atomic E-state index is 13.1. The number of carbonyl (C=O) groups is 2. The van der Waals surface area contributed by atoms with Gasteiger partial charge in [-0.1, -0.05) is 58.9 Å².